The van der Waals surface area contributed by atoms with Gasteiger partial charge in [0.25, 0.3) is 5.69 Å². The molecule has 0 saturated carbocycles. The maximum atomic E-state index is 10.7. The number of aromatic carboxylic acids is 1. The molecule has 0 unspecified atom stereocenters. The fraction of sp³-hybridized carbons (Fsp3) is 0.400. The summed E-state index contributed by atoms with van der Waals surface area (Å²) in [5.41, 5.74) is -0.0884. The first kappa shape index (κ1) is 12.1. The first-order valence-electron chi connectivity index (χ1n) is 4.78. The van der Waals surface area contributed by atoms with Crippen LogP contribution in [0.15, 0.2) is 12.1 Å². The third-order valence-corrected chi connectivity index (χ3v) is 1.91. The van der Waals surface area contributed by atoms with Crippen LogP contribution < -0.4 is 0 Å². The average Bonchev–Trinajstić information content (AvgIpc) is 2.15. The fourth-order valence-electron chi connectivity index (χ4n) is 1.31. The van der Waals surface area contributed by atoms with E-state index in [1.165, 1.54) is 6.07 Å². The second-order valence-electron chi connectivity index (χ2n) is 3.86. The Morgan fingerprint density at radius 3 is 2.62 bits per heavy atom. The van der Waals surface area contributed by atoms with E-state index in [-0.39, 0.29) is 17.3 Å². The molecule has 0 aliphatic rings. The van der Waals surface area contributed by atoms with Crippen LogP contribution in [0.4, 0.5) is 5.69 Å². The summed E-state index contributed by atoms with van der Waals surface area (Å²) in [4.78, 5) is 24.6. The lowest BCUT2D eigenvalue weighted by Gasteiger charge is -2.04. The number of aromatic nitrogens is 1. The van der Waals surface area contributed by atoms with Gasteiger partial charge in [0.2, 0.25) is 0 Å². The molecule has 1 N–H and O–H groups in total. The van der Waals surface area contributed by atoms with Crippen molar-refractivity contribution < 1.29 is 14.8 Å². The van der Waals surface area contributed by atoms with Crippen molar-refractivity contribution in [2.75, 3.05) is 0 Å². The minimum atomic E-state index is -1.26. The van der Waals surface area contributed by atoms with Crippen LogP contribution in [0.1, 0.15) is 30.0 Å². The third-order valence-electron chi connectivity index (χ3n) is 1.91. The van der Waals surface area contributed by atoms with E-state index in [0.29, 0.717) is 12.1 Å². The predicted molar refractivity (Wildman–Crippen MR) is 56.4 cm³/mol. The summed E-state index contributed by atoms with van der Waals surface area (Å²) < 4.78 is 0. The van der Waals surface area contributed by atoms with Crippen LogP contribution in [0.3, 0.4) is 0 Å². The minimum absolute atomic E-state index is 0.233. The van der Waals surface area contributed by atoms with Gasteiger partial charge in [0.15, 0.2) is 5.69 Å². The number of carboxylic acid groups (broad SMARTS) is 1. The summed E-state index contributed by atoms with van der Waals surface area (Å²) in [5, 5.41) is 19.4. The van der Waals surface area contributed by atoms with Crippen molar-refractivity contribution in [1.29, 1.82) is 0 Å². The van der Waals surface area contributed by atoms with Gasteiger partial charge in [-0.15, -0.1) is 0 Å². The van der Waals surface area contributed by atoms with Gasteiger partial charge >= 0.3 is 5.97 Å². The van der Waals surface area contributed by atoms with Crippen LogP contribution in [-0.2, 0) is 6.42 Å². The second kappa shape index (κ2) is 4.69. The van der Waals surface area contributed by atoms with Gasteiger partial charge in [-0.3, -0.25) is 10.1 Å². The Morgan fingerprint density at radius 1 is 1.56 bits per heavy atom. The highest BCUT2D eigenvalue weighted by molar-refractivity contribution is 5.86. The topological polar surface area (TPSA) is 93.3 Å². The van der Waals surface area contributed by atoms with Gasteiger partial charge in [0.1, 0.15) is 0 Å². The van der Waals surface area contributed by atoms with Crippen LogP contribution in [-0.4, -0.2) is 21.0 Å². The highest BCUT2D eigenvalue weighted by Crippen LogP contribution is 2.16. The van der Waals surface area contributed by atoms with Crippen LogP contribution in [0.5, 0.6) is 0 Å². The Labute approximate surface area is 92.1 Å². The molecule has 1 rings (SSSR count). The predicted octanol–water partition coefficient (Wildman–Crippen LogP) is 1.89. The second-order valence-corrected chi connectivity index (χ2v) is 3.86. The molecule has 0 spiro atoms. The third kappa shape index (κ3) is 3.01. The van der Waals surface area contributed by atoms with Crippen molar-refractivity contribution in [2.45, 2.75) is 20.3 Å². The minimum Gasteiger partial charge on any atom is -0.477 e. The molecule has 0 aliphatic heterocycles. The molecule has 86 valence electrons. The number of nitro groups is 1. The van der Waals surface area contributed by atoms with Crippen molar-refractivity contribution in [3.8, 4) is 0 Å². The zero-order chi connectivity index (χ0) is 12.3. The van der Waals surface area contributed by atoms with Gasteiger partial charge in [0.05, 0.1) is 4.92 Å². The van der Waals surface area contributed by atoms with Crippen LogP contribution >= 0.6 is 0 Å². The highest BCUT2D eigenvalue weighted by Gasteiger charge is 2.15. The number of carbonyl (C=O) groups is 1. The highest BCUT2D eigenvalue weighted by atomic mass is 16.6. The molecular weight excluding hydrogens is 212 g/mol. The molecule has 0 aromatic carbocycles. The molecule has 1 aromatic heterocycles. The monoisotopic (exact) mass is 224 g/mol. The number of hydrogen-bond donors (Lipinski definition) is 1. The molecule has 1 aromatic rings. The summed E-state index contributed by atoms with van der Waals surface area (Å²) in [5.74, 6) is -0.996. The Morgan fingerprint density at radius 2 is 2.19 bits per heavy atom. The average molecular weight is 224 g/mol. The van der Waals surface area contributed by atoms with E-state index >= 15 is 0 Å². The van der Waals surface area contributed by atoms with E-state index in [0.717, 1.165) is 6.07 Å². The van der Waals surface area contributed by atoms with Crippen molar-refractivity contribution >= 4 is 11.7 Å². The largest absolute Gasteiger partial charge is 0.477 e. The zero-order valence-corrected chi connectivity index (χ0v) is 9.01. The van der Waals surface area contributed by atoms with E-state index < -0.39 is 10.9 Å². The molecule has 0 fully saturated rings. The molecule has 6 nitrogen and oxygen atoms in total. The number of nitrogens with zero attached hydrogens (tertiary/aromatic N) is 2. The number of pyridine rings is 1. The smallest absolute Gasteiger partial charge is 0.354 e. The maximum absolute atomic E-state index is 10.7. The van der Waals surface area contributed by atoms with Crippen LogP contribution in [0.2, 0.25) is 0 Å². The molecule has 1 heterocycles. The molecule has 0 atom stereocenters. The molecule has 0 saturated heterocycles. The summed E-state index contributed by atoms with van der Waals surface area (Å²) in [6.07, 6.45) is 0.516. The van der Waals surface area contributed by atoms with Crippen molar-refractivity contribution in [2.24, 2.45) is 5.92 Å². The Balaban J connectivity index is 3.18. The lowest BCUT2D eigenvalue weighted by atomic mass is 10.1. The van der Waals surface area contributed by atoms with Crippen LogP contribution in [0.25, 0.3) is 0 Å². The summed E-state index contributed by atoms with van der Waals surface area (Å²) in [6.45, 7) is 3.86. The van der Waals surface area contributed by atoms with Gasteiger partial charge in [-0.25, -0.2) is 9.78 Å². The molecule has 0 aliphatic carbocycles. The van der Waals surface area contributed by atoms with Gasteiger partial charge in [-0.05, 0) is 12.3 Å². The standard InChI is InChI=1S/C10H12N2O4/c1-6(2)3-7-4-8(12(15)16)5-9(11-7)10(13)14/h4-6H,3H2,1-2H3,(H,13,14). The lowest BCUT2D eigenvalue weighted by molar-refractivity contribution is -0.385. The van der Waals surface area contributed by atoms with Gasteiger partial charge in [-0.2, -0.15) is 0 Å². The van der Waals surface area contributed by atoms with Crippen molar-refractivity contribution in [1.82, 2.24) is 4.98 Å². The molecule has 0 radical (unpaired) electrons. The fourth-order valence-corrected chi connectivity index (χ4v) is 1.31. The zero-order valence-electron chi connectivity index (χ0n) is 9.01. The van der Waals surface area contributed by atoms with E-state index in [4.69, 9.17) is 5.11 Å². The normalized spacial score (nSPS) is 10.4. The first-order chi connectivity index (χ1) is 7.40. The first-order valence-corrected chi connectivity index (χ1v) is 4.78. The summed E-state index contributed by atoms with van der Waals surface area (Å²) in [7, 11) is 0. The molecule has 0 amide bonds. The Hall–Kier alpha value is -1.98. The van der Waals surface area contributed by atoms with Crippen molar-refractivity contribution in [3.05, 3.63) is 33.6 Å². The quantitative estimate of drug-likeness (QED) is 0.622. The lowest BCUT2D eigenvalue weighted by Crippen LogP contribution is -2.06. The van der Waals surface area contributed by atoms with Gasteiger partial charge in [0, 0.05) is 17.8 Å². The summed E-state index contributed by atoms with van der Waals surface area (Å²) in [6, 6.07) is 2.28. The van der Waals surface area contributed by atoms with E-state index in [1.54, 1.807) is 0 Å². The van der Waals surface area contributed by atoms with Crippen LogP contribution in [0, 0.1) is 16.0 Å². The number of hydrogen-bond acceptors (Lipinski definition) is 4. The molecule has 6 heteroatoms. The van der Waals surface area contributed by atoms with Gasteiger partial charge < -0.3 is 5.11 Å². The molecule has 0 bridgehead atoms. The van der Waals surface area contributed by atoms with Crippen molar-refractivity contribution in [3.63, 3.8) is 0 Å². The van der Waals surface area contributed by atoms with Gasteiger partial charge in [-0.1, -0.05) is 13.8 Å². The molecular formula is C10H12N2O4. The van der Waals surface area contributed by atoms with E-state index in [9.17, 15) is 14.9 Å². The maximum Gasteiger partial charge on any atom is 0.354 e. The Kier molecular flexibility index (Phi) is 3.55. The molecule has 16 heavy (non-hydrogen) atoms. The SMILES string of the molecule is CC(C)Cc1cc([N+](=O)[O-])cc(C(=O)O)n1. The number of carboxylic acids is 1. The summed E-state index contributed by atoms with van der Waals surface area (Å²) >= 11 is 0. The Bertz CT molecular complexity index is 397. The van der Waals surface area contributed by atoms with E-state index in [2.05, 4.69) is 4.98 Å². The van der Waals surface area contributed by atoms with E-state index in [1.807, 2.05) is 13.8 Å². The number of rotatable bonds is 4.